The molecule has 0 fully saturated rings. The fourth-order valence-corrected chi connectivity index (χ4v) is 9.12. The second kappa shape index (κ2) is 61.2. The summed E-state index contributed by atoms with van der Waals surface area (Å²) in [7, 11) is 0. The summed E-state index contributed by atoms with van der Waals surface area (Å²) < 4.78 is 17.5. The van der Waals surface area contributed by atoms with Gasteiger partial charge in [0.15, 0.2) is 6.10 Å². The summed E-state index contributed by atoms with van der Waals surface area (Å²) in [6.45, 7) is 7.83. The average molecular weight is 982 g/mol. The van der Waals surface area contributed by atoms with E-state index >= 15 is 0 Å². The van der Waals surface area contributed by atoms with Gasteiger partial charge in [-0.25, -0.2) is 0 Å². The van der Waals surface area contributed by atoms with Crippen LogP contribution in [0.3, 0.4) is 0 Å². The van der Waals surface area contributed by atoms with Crippen molar-refractivity contribution in [3.8, 4) is 0 Å². The van der Waals surface area contributed by atoms with Crippen molar-refractivity contribution >= 4 is 11.9 Å². The summed E-state index contributed by atoms with van der Waals surface area (Å²) >= 11 is 0. The third-order valence-electron chi connectivity index (χ3n) is 13.8. The highest BCUT2D eigenvalue weighted by Gasteiger charge is 2.17. The summed E-state index contributed by atoms with van der Waals surface area (Å²) in [5, 5.41) is 0. The lowest BCUT2D eigenvalue weighted by Gasteiger charge is -2.18. The maximum atomic E-state index is 12.9. The maximum Gasteiger partial charge on any atom is 0.306 e. The van der Waals surface area contributed by atoms with E-state index in [1.807, 2.05) is 0 Å². The zero-order valence-corrected chi connectivity index (χ0v) is 47.3. The minimum atomic E-state index is -0.544. The molecule has 70 heavy (non-hydrogen) atoms. The molecule has 0 rings (SSSR count). The van der Waals surface area contributed by atoms with Crippen LogP contribution < -0.4 is 0 Å². The minimum Gasteiger partial charge on any atom is -0.462 e. The first kappa shape index (κ1) is 67.9. The zero-order valence-electron chi connectivity index (χ0n) is 47.3. The molecule has 0 aromatic carbocycles. The van der Waals surface area contributed by atoms with Crippen molar-refractivity contribution in [2.45, 2.75) is 335 Å². The van der Waals surface area contributed by atoms with Crippen molar-refractivity contribution in [1.29, 1.82) is 0 Å². The number of carbonyl (C=O) groups is 2. The van der Waals surface area contributed by atoms with Gasteiger partial charge >= 0.3 is 11.9 Å². The number of hydrogen-bond donors (Lipinski definition) is 0. The van der Waals surface area contributed by atoms with Crippen molar-refractivity contribution in [3.05, 3.63) is 48.6 Å². The molecule has 5 nitrogen and oxygen atoms in total. The maximum absolute atomic E-state index is 12.9. The third kappa shape index (κ3) is 58.4. The topological polar surface area (TPSA) is 61.8 Å². The standard InChI is InChI=1S/C65H120O5/c1-4-7-10-13-16-19-22-25-28-31-33-35-37-40-43-46-49-52-55-58-64(66)69-62-63(61-68-60-57-54-51-48-45-42-39-30-27-24-21-18-15-12-9-6-3)70-65(67)59-56-53-50-47-44-41-38-36-34-32-29-26-23-20-17-14-11-8-5-2/h18,21,25-30,63H,4-17,19-20,22-24,31-62H2,1-3H3/b21-18-,28-25-,29-26-,30-27-. The molecule has 410 valence electrons. The number of ether oxygens (including phenoxy) is 3. The van der Waals surface area contributed by atoms with Crippen LogP contribution in [0.15, 0.2) is 48.6 Å². The number of hydrogen-bond acceptors (Lipinski definition) is 5. The molecule has 0 aliphatic carbocycles. The Labute approximate surface area is 437 Å². The smallest absolute Gasteiger partial charge is 0.306 e. The fourth-order valence-electron chi connectivity index (χ4n) is 9.12. The van der Waals surface area contributed by atoms with Crippen LogP contribution in [0, 0.1) is 0 Å². The monoisotopic (exact) mass is 981 g/mol. The largest absolute Gasteiger partial charge is 0.462 e. The van der Waals surface area contributed by atoms with Crippen molar-refractivity contribution in [3.63, 3.8) is 0 Å². The molecule has 0 bridgehead atoms. The molecule has 5 heteroatoms. The molecule has 0 aromatic heterocycles. The predicted molar refractivity (Wildman–Crippen MR) is 307 cm³/mol. The van der Waals surface area contributed by atoms with Gasteiger partial charge in [0, 0.05) is 19.4 Å². The van der Waals surface area contributed by atoms with E-state index in [-0.39, 0.29) is 25.2 Å². The molecule has 0 saturated carbocycles. The van der Waals surface area contributed by atoms with Crippen LogP contribution in [0.1, 0.15) is 329 Å². The van der Waals surface area contributed by atoms with Crippen LogP contribution in [0.25, 0.3) is 0 Å². The Morgan fingerprint density at radius 2 is 0.600 bits per heavy atom. The van der Waals surface area contributed by atoms with Crippen molar-refractivity contribution in [2.24, 2.45) is 0 Å². The molecule has 0 radical (unpaired) electrons. The number of carbonyl (C=O) groups excluding carboxylic acids is 2. The summed E-state index contributed by atoms with van der Waals surface area (Å²) in [6.07, 6.45) is 77.1. The molecule has 1 unspecified atom stereocenters. The van der Waals surface area contributed by atoms with Gasteiger partial charge in [-0.15, -0.1) is 0 Å². The second-order valence-corrected chi connectivity index (χ2v) is 21.0. The van der Waals surface area contributed by atoms with Gasteiger partial charge < -0.3 is 14.2 Å². The highest BCUT2D eigenvalue weighted by molar-refractivity contribution is 5.70. The molecule has 0 heterocycles. The highest BCUT2D eigenvalue weighted by Crippen LogP contribution is 2.16. The number of rotatable bonds is 58. The molecule has 0 spiro atoms. The first-order valence-corrected chi connectivity index (χ1v) is 31.2. The van der Waals surface area contributed by atoms with Crippen molar-refractivity contribution < 1.29 is 23.8 Å². The van der Waals surface area contributed by atoms with Crippen LogP contribution in [0.2, 0.25) is 0 Å². The second-order valence-electron chi connectivity index (χ2n) is 21.0. The molecule has 0 saturated heterocycles. The van der Waals surface area contributed by atoms with Gasteiger partial charge in [0.05, 0.1) is 6.61 Å². The number of unbranched alkanes of at least 4 members (excludes halogenated alkanes) is 39. The Kier molecular flexibility index (Phi) is 59.3. The summed E-state index contributed by atoms with van der Waals surface area (Å²) in [4.78, 5) is 25.6. The Bertz CT molecular complexity index is 1150. The van der Waals surface area contributed by atoms with Crippen molar-refractivity contribution in [1.82, 2.24) is 0 Å². The Morgan fingerprint density at radius 3 is 0.986 bits per heavy atom. The van der Waals surface area contributed by atoms with E-state index in [1.165, 1.54) is 250 Å². The van der Waals surface area contributed by atoms with Gasteiger partial charge in [0.1, 0.15) is 6.61 Å². The highest BCUT2D eigenvalue weighted by atomic mass is 16.6. The van der Waals surface area contributed by atoms with Crippen LogP contribution >= 0.6 is 0 Å². The lowest BCUT2D eigenvalue weighted by Crippen LogP contribution is -2.30. The fraction of sp³-hybridized carbons (Fsp3) is 0.846. The Balaban J connectivity index is 4.26. The quantitative estimate of drug-likeness (QED) is 0.0345. The van der Waals surface area contributed by atoms with E-state index in [0.29, 0.717) is 19.4 Å². The number of esters is 2. The van der Waals surface area contributed by atoms with Gasteiger partial charge in [-0.1, -0.05) is 262 Å². The molecule has 0 aliphatic heterocycles. The van der Waals surface area contributed by atoms with E-state index in [0.717, 1.165) is 44.9 Å². The lowest BCUT2D eigenvalue weighted by molar-refractivity contribution is -0.163. The van der Waals surface area contributed by atoms with Crippen LogP contribution in [0.4, 0.5) is 0 Å². The molecule has 0 N–H and O–H groups in total. The first-order chi connectivity index (χ1) is 34.6. The first-order valence-electron chi connectivity index (χ1n) is 31.2. The normalized spacial score (nSPS) is 12.4. The van der Waals surface area contributed by atoms with E-state index < -0.39 is 6.10 Å². The molecule has 0 amide bonds. The van der Waals surface area contributed by atoms with Crippen molar-refractivity contribution in [2.75, 3.05) is 19.8 Å². The summed E-state index contributed by atoms with van der Waals surface area (Å²) in [5.74, 6) is -0.391. The van der Waals surface area contributed by atoms with E-state index in [9.17, 15) is 9.59 Å². The third-order valence-corrected chi connectivity index (χ3v) is 13.8. The minimum absolute atomic E-state index is 0.0820. The van der Waals surface area contributed by atoms with Crippen LogP contribution in [-0.4, -0.2) is 37.9 Å². The molecule has 0 aliphatic rings. The van der Waals surface area contributed by atoms with Gasteiger partial charge in [0.25, 0.3) is 0 Å². The van der Waals surface area contributed by atoms with Gasteiger partial charge in [0.2, 0.25) is 0 Å². The van der Waals surface area contributed by atoms with E-state index in [4.69, 9.17) is 14.2 Å². The number of allylic oxidation sites excluding steroid dienone is 8. The average Bonchev–Trinajstić information content (AvgIpc) is 3.36. The molecule has 0 aromatic rings. The Hall–Kier alpha value is -2.14. The predicted octanol–water partition coefficient (Wildman–Crippen LogP) is 21.5. The van der Waals surface area contributed by atoms with Gasteiger partial charge in [-0.05, 0) is 103 Å². The molecular formula is C65H120O5. The van der Waals surface area contributed by atoms with Crippen LogP contribution in [-0.2, 0) is 23.8 Å². The SMILES string of the molecule is CCCCC/C=C\C/C=C\CCCCCCCCOCC(COC(=O)CCCCCCCCCCC/C=C\CCCCCCCC)OC(=O)CCCCCCCCCCC/C=C\CCCCCCCC. The van der Waals surface area contributed by atoms with Gasteiger partial charge in [-0.3, -0.25) is 9.59 Å². The summed E-state index contributed by atoms with van der Waals surface area (Å²) in [6, 6.07) is 0. The van der Waals surface area contributed by atoms with Gasteiger partial charge in [-0.2, -0.15) is 0 Å². The molecular weight excluding hydrogens is 861 g/mol. The zero-order chi connectivity index (χ0) is 50.6. The van der Waals surface area contributed by atoms with E-state index in [1.54, 1.807) is 0 Å². The van der Waals surface area contributed by atoms with E-state index in [2.05, 4.69) is 69.4 Å². The summed E-state index contributed by atoms with van der Waals surface area (Å²) in [5.41, 5.74) is 0. The van der Waals surface area contributed by atoms with Crippen LogP contribution in [0.5, 0.6) is 0 Å². The lowest BCUT2D eigenvalue weighted by atomic mass is 10.1. The molecule has 1 atom stereocenters. The Morgan fingerprint density at radius 1 is 0.314 bits per heavy atom.